The first-order chi connectivity index (χ1) is 23.1. The Morgan fingerprint density at radius 1 is 0.980 bits per heavy atom. The lowest BCUT2D eigenvalue weighted by Gasteiger charge is -2.56. The SMILES string of the molecule is C[C@]12C[C@H](c3ccc(/C=C/CNC(=O)Nc4ccc(C(=O)O)cc4)cc3)C3=C4CCC(=O)C=C4CC[C@H]3[C@@H]1CC[C@@]2(O)C(F)(F)C(F)(F)F. The van der Waals surface area contributed by atoms with Crippen LogP contribution in [0.15, 0.2) is 77.4 Å². The fourth-order valence-corrected chi connectivity index (χ4v) is 8.77. The van der Waals surface area contributed by atoms with Gasteiger partial charge in [0.15, 0.2) is 5.78 Å². The van der Waals surface area contributed by atoms with Crippen molar-refractivity contribution in [3.8, 4) is 0 Å². The zero-order chi connectivity index (χ0) is 35.4. The Bertz CT molecular complexity index is 1750. The molecule has 2 saturated carbocycles. The predicted molar refractivity (Wildman–Crippen MR) is 172 cm³/mol. The number of fused-ring (bicyclic) bond motifs is 4. The lowest BCUT2D eigenvalue weighted by Crippen LogP contribution is -2.65. The molecule has 4 aliphatic carbocycles. The van der Waals surface area contributed by atoms with Crippen LogP contribution in [-0.2, 0) is 4.79 Å². The number of carboxylic acid groups (broad SMARTS) is 1. The van der Waals surface area contributed by atoms with Gasteiger partial charge in [-0.15, -0.1) is 0 Å². The van der Waals surface area contributed by atoms with Crippen molar-refractivity contribution >= 4 is 29.5 Å². The second kappa shape index (κ2) is 12.5. The van der Waals surface area contributed by atoms with Gasteiger partial charge in [-0.05, 0) is 103 Å². The maximum Gasteiger partial charge on any atom is 0.456 e. The quantitative estimate of drug-likeness (QED) is 0.221. The number of alkyl halides is 5. The fourth-order valence-electron chi connectivity index (χ4n) is 8.77. The van der Waals surface area contributed by atoms with Crippen molar-refractivity contribution in [2.24, 2.45) is 17.3 Å². The molecule has 0 spiro atoms. The largest absolute Gasteiger partial charge is 0.478 e. The van der Waals surface area contributed by atoms with E-state index in [2.05, 4.69) is 10.6 Å². The smallest absolute Gasteiger partial charge is 0.456 e. The van der Waals surface area contributed by atoms with Crippen LogP contribution in [0.25, 0.3) is 6.08 Å². The van der Waals surface area contributed by atoms with Gasteiger partial charge in [0.05, 0.1) is 5.56 Å². The van der Waals surface area contributed by atoms with Crippen molar-refractivity contribution in [2.45, 2.75) is 75.5 Å². The third-order valence-corrected chi connectivity index (χ3v) is 11.2. The van der Waals surface area contributed by atoms with Crippen molar-refractivity contribution < 1.29 is 46.5 Å². The topological polar surface area (TPSA) is 116 Å². The fraction of sp³-hybridized carbons (Fsp3) is 0.432. The number of benzene rings is 2. The van der Waals surface area contributed by atoms with E-state index in [1.165, 1.54) is 31.2 Å². The Hall–Kier alpha value is -4.32. The van der Waals surface area contributed by atoms with E-state index in [0.29, 0.717) is 31.4 Å². The maximum atomic E-state index is 15.2. The molecule has 12 heteroatoms. The minimum atomic E-state index is -5.91. The van der Waals surface area contributed by atoms with Crippen LogP contribution in [0.5, 0.6) is 0 Å². The summed E-state index contributed by atoms with van der Waals surface area (Å²) >= 11 is 0. The summed E-state index contributed by atoms with van der Waals surface area (Å²) in [6.45, 7) is 1.57. The molecule has 0 aromatic heterocycles. The molecule has 0 saturated heterocycles. The lowest BCUT2D eigenvalue weighted by atomic mass is 9.50. The molecule has 6 rings (SSSR count). The Balaban J connectivity index is 1.23. The average Bonchev–Trinajstić information content (AvgIpc) is 3.33. The van der Waals surface area contributed by atoms with Crippen LogP contribution >= 0.6 is 0 Å². The summed E-state index contributed by atoms with van der Waals surface area (Å²) < 4.78 is 71.9. The van der Waals surface area contributed by atoms with Gasteiger partial charge in [0.2, 0.25) is 0 Å². The number of carbonyl (C=O) groups is 3. The maximum absolute atomic E-state index is 15.2. The highest BCUT2D eigenvalue weighted by Gasteiger charge is 2.79. The molecule has 0 heterocycles. The van der Waals surface area contributed by atoms with E-state index < -0.39 is 53.4 Å². The highest BCUT2D eigenvalue weighted by molar-refractivity contribution is 5.93. The molecule has 7 nitrogen and oxygen atoms in total. The Kier molecular flexibility index (Phi) is 8.83. The van der Waals surface area contributed by atoms with E-state index in [9.17, 15) is 32.7 Å². The summed E-state index contributed by atoms with van der Waals surface area (Å²) in [5.41, 5.74) is -0.0559. The first-order valence-electron chi connectivity index (χ1n) is 16.3. The van der Waals surface area contributed by atoms with E-state index in [4.69, 9.17) is 5.11 Å². The zero-order valence-electron chi connectivity index (χ0n) is 26.7. The van der Waals surface area contributed by atoms with Crippen molar-refractivity contribution in [3.63, 3.8) is 0 Å². The molecule has 4 N–H and O–H groups in total. The lowest BCUT2D eigenvalue weighted by molar-refractivity contribution is -0.362. The van der Waals surface area contributed by atoms with Gasteiger partial charge in [-0.25, -0.2) is 9.59 Å². The van der Waals surface area contributed by atoms with Gasteiger partial charge in [0, 0.05) is 30.0 Å². The van der Waals surface area contributed by atoms with Gasteiger partial charge in [-0.3, -0.25) is 4.79 Å². The molecular formula is C37H37F5N2O5. The number of aromatic carboxylic acids is 1. The zero-order valence-corrected chi connectivity index (χ0v) is 26.7. The van der Waals surface area contributed by atoms with Crippen molar-refractivity contribution in [1.29, 1.82) is 0 Å². The van der Waals surface area contributed by atoms with Gasteiger partial charge < -0.3 is 20.8 Å². The van der Waals surface area contributed by atoms with Crippen LogP contribution in [0, 0.1) is 17.3 Å². The first-order valence-corrected chi connectivity index (χ1v) is 16.3. The highest BCUT2D eigenvalue weighted by atomic mass is 19.4. The number of amides is 2. The number of ketones is 1. The van der Waals surface area contributed by atoms with E-state index in [1.807, 2.05) is 12.1 Å². The number of hydrogen-bond donors (Lipinski definition) is 4. The third-order valence-electron chi connectivity index (χ3n) is 11.2. The molecular weight excluding hydrogens is 647 g/mol. The van der Waals surface area contributed by atoms with Gasteiger partial charge in [0.1, 0.15) is 5.60 Å². The molecule has 5 atom stereocenters. The highest BCUT2D eigenvalue weighted by Crippen LogP contribution is 2.70. The number of nitrogens with one attached hydrogen (secondary N) is 2. The third kappa shape index (κ3) is 5.98. The molecule has 260 valence electrons. The van der Waals surface area contributed by atoms with Crippen molar-refractivity contribution in [2.75, 3.05) is 11.9 Å². The summed E-state index contributed by atoms with van der Waals surface area (Å²) in [5.74, 6) is -7.74. The minimum Gasteiger partial charge on any atom is -0.478 e. The van der Waals surface area contributed by atoms with E-state index in [1.54, 1.807) is 30.4 Å². The van der Waals surface area contributed by atoms with E-state index >= 15 is 8.78 Å². The normalized spacial score (nSPS) is 28.4. The summed E-state index contributed by atoms with van der Waals surface area (Å²) in [7, 11) is 0. The molecule has 0 aliphatic heterocycles. The van der Waals surface area contributed by atoms with Gasteiger partial charge in [-0.1, -0.05) is 48.9 Å². The standard InChI is InChI=1S/C37H37F5N2O5/c1-34-20-29(22-6-4-21(5-7-22)3-2-18-43-33(48)44-25-11-8-23(9-12-25)32(46)47)31-27-15-13-26(45)19-24(27)10-14-28(31)30(34)16-17-35(34,49)36(38,39)37(40,41)42/h2-9,11-12,19,28-30,49H,10,13-18,20H2,1H3,(H,46,47)(H2,43,44,48)/b3-2+/t28-,29+,30-,34-,35-/m0/s1. The number of hydrogen-bond acceptors (Lipinski definition) is 4. The van der Waals surface area contributed by atoms with Gasteiger partial charge in [-0.2, -0.15) is 22.0 Å². The summed E-state index contributed by atoms with van der Waals surface area (Å²) in [6.07, 6.45) is 0.381. The minimum absolute atomic E-state index is 0.0209. The van der Waals surface area contributed by atoms with Gasteiger partial charge >= 0.3 is 24.1 Å². The molecule has 2 aromatic rings. The number of halogens is 5. The summed E-state index contributed by atoms with van der Waals surface area (Å²) in [4.78, 5) is 35.5. The summed E-state index contributed by atoms with van der Waals surface area (Å²) in [5, 5.41) is 25.7. The average molecular weight is 685 g/mol. The molecule has 0 radical (unpaired) electrons. The Morgan fingerprint density at radius 2 is 1.67 bits per heavy atom. The first kappa shape index (κ1) is 34.5. The van der Waals surface area contributed by atoms with Crippen LogP contribution in [0.4, 0.5) is 32.4 Å². The molecule has 4 aliphatic rings. The van der Waals surface area contributed by atoms with Crippen molar-refractivity contribution in [3.05, 3.63) is 94.1 Å². The monoisotopic (exact) mass is 684 g/mol. The van der Waals surface area contributed by atoms with Gasteiger partial charge in [0.25, 0.3) is 0 Å². The Morgan fingerprint density at radius 3 is 2.33 bits per heavy atom. The summed E-state index contributed by atoms with van der Waals surface area (Å²) in [6, 6.07) is 12.4. The van der Waals surface area contributed by atoms with Crippen LogP contribution in [0.2, 0.25) is 0 Å². The molecule has 0 bridgehead atoms. The Labute approximate surface area is 280 Å². The molecule has 2 aromatic carbocycles. The van der Waals surface area contributed by atoms with Crippen LogP contribution in [0.3, 0.4) is 0 Å². The van der Waals surface area contributed by atoms with Crippen LogP contribution in [-0.4, -0.2) is 52.2 Å². The van der Waals surface area contributed by atoms with Crippen LogP contribution in [0.1, 0.15) is 79.3 Å². The van der Waals surface area contributed by atoms with E-state index in [-0.39, 0.29) is 36.7 Å². The molecule has 0 unspecified atom stereocenters. The number of aliphatic hydroxyl groups is 1. The number of rotatable bonds is 7. The second-order valence-corrected chi connectivity index (χ2v) is 13.8. The van der Waals surface area contributed by atoms with Crippen molar-refractivity contribution in [1.82, 2.24) is 5.32 Å². The number of urea groups is 1. The predicted octanol–water partition coefficient (Wildman–Crippen LogP) is 8.05. The molecule has 2 amide bonds. The number of anilines is 1. The number of carboxylic acids is 1. The number of carbonyl (C=O) groups excluding carboxylic acids is 2. The number of allylic oxidation sites excluding steroid dienone is 4. The van der Waals surface area contributed by atoms with E-state index in [0.717, 1.165) is 27.8 Å². The van der Waals surface area contributed by atoms with Crippen LogP contribution < -0.4 is 10.6 Å². The molecule has 49 heavy (non-hydrogen) atoms. The second-order valence-electron chi connectivity index (χ2n) is 13.8. The molecule has 2 fully saturated rings.